The molecule has 1 aromatic heterocycles. The Morgan fingerprint density at radius 1 is 1.53 bits per heavy atom. The molecule has 0 unspecified atom stereocenters. The molecule has 1 heterocycles. The van der Waals surface area contributed by atoms with Gasteiger partial charge in [0, 0.05) is 18.0 Å². The van der Waals surface area contributed by atoms with Crippen LogP contribution in [0.2, 0.25) is 0 Å². The minimum atomic E-state index is 0.352. The van der Waals surface area contributed by atoms with Crippen molar-refractivity contribution in [2.24, 2.45) is 17.1 Å². The van der Waals surface area contributed by atoms with E-state index in [0.717, 1.165) is 18.9 Å². The highest BCUT2D eigenvalue weighted by molar-refractivity contribution is 7.09. The minimum Gasteiger partial charge on any atom is -0.330 e. The van der Waals surface area contributed by atoms with E-state index in [4.69, 9.17) is 5.73 Å². The van der Waals surface area contributed by atoms with E-state index in [-0.39, 0.29) is 0 Å². The summed E-state index contributed by atoms with van der Waals surface area (Å²) in [5.74, 6) is 0.890. The lowest BCUT2D eigenvalue weighted by Gasteiger charge is -2.38. The van der Waals surface area contributed by atoms with Gasteiger partial charge in [-0.15, -0.1) is 11.3 Å². The second-order valence-corrected chi connectivity index (χ2v) is 5.97. The van der Waals surface area contributed by atoms with Crippen LogP contribution in [-0.4, -0.2) is 11.5 Å². The molecule has 2 nitrogen and oxygen atoms in total. The monoisotopic (exact) mass is 224 g/mol. The molecular formula is C12H20N2S. The maximum absolute atomic E-state index is 5.98. The molecule has 0 bridgehead atoms. The van der Waals surface area contributed by atoms with Gasteiger partial charge in [-0.05, 0) is 30.7 Å². The van der Waals surface area contributed by atoms with E-state index in [1.165, 1.54) is 30.7 Å². The molecular weight excluding hydrogens is 204 g/mol. The fourth-order valence-electron chi connectivity index (χ4n) is 2.49. The zero-order valence-electron chi connectivity index (χ0n) is 9.41. The van der Waals surface area contributed by atoms with Gasteiger partial charge in [-0.3, -0.25) is 0 Å². The van der Waals surface area contributed by atoms with E-state index in [1.54, 1.807) is 11.3 Å². The van der Waals surface area contributed by atoms with E-state index in [1.807, 2.05) is 6.20 Å². The number of nitrogens with two attached hydrogens (primary N) is 1. The van der Waals surface area contributed by atoms with Gasteiger partial charge in [0.15, 0.2) is 0 Å². The molecule has 1 aliphatic carbocycles. The Labute approximate surface area is 95.9 Å². The number of rotatable bonds is 3. The molecule has 15 heavy (non-hydrogen) atoms. The van der Waals surface area contributed by atoms with Gasteiger partial charge in [-0.1, -0.05) is 19.8 Å². The second-order valence-electron chi connectivity index (χ2n) is 4.99. The molecule has 84 valence electrons. The lowest BCUT2D eigenvalue weighted by molar-refractivity contribution is 0.163. The molecule has 3 heteroatoms. The van der Waals surface area contributed by atoms with Crippen molar-refractivity contribution in [2.45, 2.75) is 39.0 Å². The van der Waals surface area contributed by atoms with Crippen LogP contribution in [0.25, 0.3) is 0 Å². The Morgan fingerprint density at radius 3 is 2.80 bits per heavy atom. The number of nitrogens with zero attached hydrogens (tertiary/aromatic N) is 1. The number of hydrogen-bond acceptors (Lipinski definition) is 3. The molecule has 0 radical (unpaired) electrons. The van der Waals surface area contributed by atoms with Gasteiger partial charge in [-0.2, -0.15) is 0 Å². The molecule has 0 atom stereocenters. The predicted molar refractivity (Wildman–Crippen MR) is 64.9 cm³/mol. The summed E-state index contributed by atoms with van der Waals surface area (Å²) in [6.07, 6.45) is 8.23. The third kappa shape index (κ3) is 2.58. The first kappa shape index (κ1) is 11.1. The molecule has 0 aliphatic heterocycles. The summed E-state index contributed by atoms with van der Waals surface area (Å²) in [6, 6.07) is 0. The van der Waals surface area contributed by atoms with E-state index in [0.29, 0.717) is 5.41 Å². The molecule has 1 aromatic rings. The van der Waals surface area contributed by atoms with Crippen LogP contribution >= 0.6 is 11.3 Å². The van der Waals surface area contributed by atoms with Crippen LogP contribution in [-0.2, 0) is 6.42 Å². The van der Waals surface area contributed by atoms with Gasteiger partial charge >= 0.3 is 0 Å². The maximum Gasteiger partial charge on any atom is 0.0930 e. The number of hydrogen-bond donors (Lipinski definition) is 1. The van der Waals surface area contributed by atoms with Crippen molar-refractivity contribution in [3.8, 4) is 0 Å². The van der Waals surface area contributed by atoms with Crippen LogP contribution in [0.5, 0.6) is 0 Å². The summed E-state index contributed by atoms with van der Waals surface area (Å²) in [7, 11) is 0. The zero-order chi connectivity index (χ0) is 10.7. The summed E-state index contributed by atoms with van der Waals surface area (Å²) >= 11 is 1.76. The molecule has 2 N–H and O–H groups in total. The van der Waals surface area contributed by atoms with Crippen molar-refractivity contribution in [3.05, 3.63) is 16.6 Å². The van der Waals surface area contributed by atoms with Gasteiger partial charge < -0.3 is 5.73 Å². The van der Waals surface area contributed by atoms with E-state index >= 15 is 0 Å². The van der Waals surface area contributed by atoms with Gasteiger partial charge in [0.05, 0.1) is 5.01 Å². The number of aromatic nitrogens is 1. The minimum absolute atomic E-state index is 0.352. The smallest absolute Gasteiger partial charge is 0.0930 e. The van der Waals surface area contributed by atoms with Gasteiger partial charge in [0.1, 0.15) is 0 Å². The molecule has 0 aromatic carbocycles. The first-order chi connectivity index (χ1) is 7.24. The lowest BCUT2D eigenvalue weighted by Crippen LogP contribution is -2.36. The van der Waals surface area contributed by atoms with Crippen LogP contribution < -0.4 is 5.73 Å². The molecule has 0 spiro atoms. The summed E-state index contributed by atoms with van der Waals surface area (Å²) in [6.45, 7) is 3.17. The Hall–Kier alpha value is -0.410. The van der Waals surface area contributed by atoms with Crippen LogP contribution in [0.4, 0.5) is 0 Å². The SMILES string of the molecule is CC1CCC(CN)(Cc2nccs2)CC1. The first-order valence-corrected chi connectivity index (χ1v) is 6.70. The fraction of sp³-hybridized carbons (Fsp3) is 0.750. The van der Waals surface area contributed by atoms with Crippen LogP contribution in [0.1, 0.15) is 37.6 Å². The molecule has 0 saturated heterocycles. The highest BCUT2D eigenvalue weighted by Gasteiger charge is 2.33. The van der Waals surface area contributed by atoms with E-state index in [2.05, 4.69) is 17.3 Å². The molecule has 1 fully saturated rings. The van der Waals surface area contributed by atoms with Crippen molar-refractivity contribution >= 4 is 11.3 Å². The van der Waals surface area contributed by atoms with Crippen LogP contribution in [0.3, 0.4) is 0 Å². The maximum atomic E-state index is 5.98. The van der Waals surface area contributed by atoms with Gasteiger partial charge in [0.25, 0.3) is 0 Å². The Bertz CT molecular complexity index is 287. The first-order valence-electron chi connectivity index (χ1n) is 5.82. The van der Waals surface area contributed by atoms with Gasteiger partial charge in [0.2, 0.25) is 0 Å². The largest absolute Gasteiger partial charge is 0.330 e. The van der Waals surface area contributed by atoms with Crippen molar-refractivity contribution < 1.29 is 0 Å². The molecule has 1 aliphatic rings. The lowest BCUT2D eigenvalue weighted by atomic mass is 9.69. The summed E-state index contributed by atoms with van der Waals surface area (Å²) in [4.78, 5) is 4.39. The second kappa shape index (κ2) is 4.62. The van der Waals surface area contributed by atoms with E-state index < -0.39 is 0 Å². The average Bonchev–Trinajstić information content (AvgIpc) is 2.75. The molecule has 1 saturated carbocycles. The van der Waals surface area contributed by atoms with E-state index in [9.17, 15) is 0 Å². The topological polar surface area (TPSA) is 38.9 Å². The summed E-state index contributed by atoms with van der Waals surface area (Å²) in [5.41, 5.74) is 6.33. The standard InChI is InChI=1S/C12H20N2S/c1-10-2-4-12(9-13,5-3-10)8-11-14-6-7-15-11/h6-7,10H,2-5,8-9,13H2,1H3. The van der Waals surface area contributed by atoms with Gasteiger partial charge in [-0.25, -0.2) is 4.98 Å². The fourth-order valence-corrected chi connectivity index (χ4v) is 3.28. The quantitative estimate of drug-likeness (QED) is 0.857. The third-order valence-electron chi connectivity index (χ3n) is 3.78. The normalized spacial score (nSPS) is 31.7. The van der Waals surface area contributed by atoms with Crippen molar-refractivity contribution in [1.29, 1.82) is 0 Å². The van der Waals surface area contributed by atoms with Crippen molar-refractivity contribution in [1.82, 2.24) is 4.98 Å². The van der Waals surface area contributed by atoms with Crippen molar-refractivity contribution in [3.63, 3.8) is 0 Å². The summed E-state index contributed by atoms with van der Waals surface area (Å²) in [5, 5.41) is 3.32. The van der Waals surface area contributed by atoms with Crippen LogP contribution in [0.15, 0.2) is 11.6 Å². The third-order valence-corrected chi connectivity index (χ3v) is 4.56. The van der Waals surface area contributed by atoms with Crippen molar-refractivity contribution in [2.75, 3.05) is 6.54 Å². The Balaban J connectivity index is 2.02. The average molecular weight is 224 g/mol. The highest BCUT2D eigenvalue weighted by atomic mass is 32.1. The Kier molecular flexibility index (Phi) is 3.42. The van der Waals surface area contributed by atoms with Crippen LogP contribution in [0, 0.1) is 11.3 Å². The zero-order valence-corrected chi connectivity index (χ0v) is 10.2. The molecule has 2 rings (SSSR count). The highest BCUT2D eigenvalue weighted by Crippen LogP contribution is 2.40. The molecule has 0 amide bonds. The Morgan fingerprint density at radius 2 is 2.27 bits per heavy atom. The number of thiazole rings is 1. The predicted octanol–water partition coefficient (Wildman–Crippen LogP) is 2.84. The summed E-state index contributed by atoms with van der Waals surface area (Å²) < 4.78 is 0.